The molecule has 0 bridgehead atoms. The van der Waals surface area contributed by atoms with Gasteiger partial charge in [-0.2, -0.15) is 13.2 Å². The Balaban J connectivity index is 0.00000417. The van der Waals surface area contributed by atoms with Crippen molar-refractivity contribution in [1.29, 1.82) is 0 Å². The number of carbonyl (C=O) groups excluding carboxylic acids is 1. The Morgan fingerprint density at radius 3 is 2.52 bits per heavy atom. The van der Waals surface area contributed by atoms with Gasteiger partial charge < -0.3 is 19.5 Å². The zero-order valence-corrected chi connectivity index (χ0v) is 23.9. The first kappa shape index (κ1) is 32.8. The lowest BCUT2D eigenvalue weighted by Crippen LogP contribution is -2.46. The molecule has 5 aromatic rings. The molecule has 0 saturated carbocycles. The van der Waals surface area contributed by atoms with Crippen LogP contribution in [0, 0.1) is 17.5 Å². The van der Waals surface area contributed by atoms with E-state index >= 15 is 8.78 Å². The summed E-state index contributed by atoms with van der Waals surface area (Å²) in [6, 6.07) is 13.7. The first-order valence-electron chi connectivity index (χ1n) is 14.4. The van der Waals surface area contributed by atoms with E-state index in [-0.39, 0.29) is 48.6 Å². The maximum Gasteiger partial charge on any atom is 0.401 e. The molecule has 1 fully saturated rings. The van der Waals surface area contributed by atoms with E-state index in [0.29, 0.717) is 31.4 Å². The van der Waals surface area contributed by atoms with Crippen LogP contribution in [0.1, 0.15) is 43.5 Å². The van der Waals surface area contributed by atoms with Crippen molar-refractivity contribution in [3.05, 3.63) is 101 Å². The molecule has 2 aromatic heterocycles. The lowest BCUT2D eigenvalue weighted by molar-refractivity contribution is -0.148. The van der Waals surface area contributed by atoms with Crippen LogP contribution in [0.2, 0.25) is 0 Å². The number of nitrogens with one attached hydrogen (secondary N) is 2. The summed E-state index contributed by atoms with van der Waals surface area (Å²) in [7, 11) is 0. The molecule has 3 aromatic carbocycles. The van der Waals surface area contributed by atoms with Gasteiger partial charge in [0.15, 0.2) is 17.4 Å². The number of hydrogen-bond acceptors (Lipinski definition) is 4. The molecular formula is C34H32F6N4O2. The number of fused-ring (bicyclic) bond motifs is 1. The third-order valence-electron chi connectivity index (χ3n) is 8.35. The molecule has 0 radical (unpaired) electrons. The number of ether oxygens (including phenoxy) is 1. The van der Waals surface area contributed by atoms with Crippen molar-refractivity contribution >= 4 is 17.2 Å². The number of piperidine rings is 1. The first-order valence-corrected chi connectivity index (χ1v) is 14.4. The fourth-order valence-electron chi connectivity index (χ4n) is 6.08. The van der Waals surface area contributed by atoms with Crippen LogP contribution in [0.25, 0.3) is 22.3 Å². The molecule has 1 aliphatic rings. The number of imidazole rings is 1. The Kier molecular flexibility index (Phi) is 9.29. The first-order chi connectivity index (χ1) is 21.6. The topological polar surface area (TPSA) is 74.0 Å². The van der Waals surface area contributed by atoms with E-state index in [1.165, 1.54) is 29.3 Å². The predicted molar refractivity (Wildman–Crippen MR) is 162 cm³/mol. The Bertz CT molecular complexity index is 1840. The van der Waals surface area contributed by atoms with E-state index in [4.69, 9.17) is 4.74 Å². The monoisotopic (exact) mass is 642 g/mol. The maximum absolute atomic E-state index is 15.2. The molecular weight excluding hydrogens is 610 g/mol. The summed E-state index contributed by atoms with van der Waals surface area (Å²) in [4.78, 5) is 22.7. The average molecular weight is 643 g/mol. The number of carbonyl (C=O) groups is 1. The van der Waals surface area contributed by atoms with Gasteiger partial charge in [0.1, 0.15) is 23.7 Å². The zero-order chi connectivity index (χ0) is 31.8. The van der Waals surface area contributed by atoms with Crippen LogP contribution in [0.5, 0.6) is 11.5 Å². The third kappa shape index (κ3) is 6.53. The van der Waals surface area contributed by atoms with E-state index in [9.17, 15) is 22.4 Å². The second kappa shape index (κ2) is 13.0. The summed E-state index contributed by atoms with van der Waals surface area (Å²) in [6.07, 6.45) is 0.996. The highest BCUT2D eigenvalue weighted by molar-refractivity contribution is 5.82. The minimum atomic E-state index is -4.33. The number of halogens is 6. The van der Waals surface area contributed by atoms with Crippen molar-refractivity contribution in [2.24, 2.45) is 0 Å². The summed E-state index contributed by atoms with van der Waals surface area (Å²) >= 11 is 0. The van der Waals surface area contributed by atoms with Gasteiger partial charge in [0.25, 0.3) is 0 Å². The van der Waals surface area contributed by atoms with Crippen molar-refractivity contribution in [3.8, 4) is 22.9 Å². The Labute approximate surface area is 261 Å². The number of hydrogen-bond donors (Lipinski definition) is 2. The lowest BCUT2D eigenvalue weighted by atomic mass is 9.70. The molecule has 0 spiro atoms. The van der Waals surface area contributed by atoms with Gasteiger partial charge in [-0.15, -0.1) is 0 Å². The molecule has 6 rings (SSSR count). The molecule has 6 nitrogen and oxygen atoms in total. The third-order valence-corrected chi connectivity index (χ3v) is 8.35. The normalized spacial score (nSPS) is 15.1. The van der Waals surface area contributed by atoms with Crippen molar-refractivity contribution in [3.63, 3.8) is 0 Å². The second-order valence-electron chi connectivity index (χ2n) is 11.2. The number of alkyl halides is 3. The average Bonchev–Trinajstić information content (AvgIpc) is 3.70. The van der Waals surface area contributed by atoms with E-state index in [2.05, 4.69) is 15.0 Å². The largest absolute Gasteiger partial charge is 0.451 e. The molecule has 1 aliphatic heterocycles. The van der Waals surface area contributed by atoms with Gasteiger partial charge in [0.2, 0.25) is 0 Å². The molecule has 0 unspecified atom stereocenters. The van der Waals surface area contributed by atoms with Crippen LogP contribution in [0.4, 0.5) is 26.3 Å². The summed E-state index contributed by atoms with van der Waals surface area (Å²) in [5.74, 6) is -3.08. The number of aromatic amines is 2. The summed E-state index contributed by atoms with van der Waals surface area (Å²) in [5.41, 5.74) is 1.80. The van der Waals surface area contributed by atoms with Crippen LogP contribution < -0.4 is 4.74 Å². The van der Waals surface area contributed by atoms with Gasteiger partial charge in [-0.25, -0.2) is 18.2 Å². The number of benzene rings is 3. The SMILES string of the molecule is C.O=CCCc1cccc(C2(c3cnc(-c4cc(Oc5c(F)cc6[nH]ccc6c5F)ccc4F)[nH]3)CCN(CC(F)(F)F)CC2)c1. The van der Waals surface area contributed by atoms with Crippen molar-refractivity contribution < 1.29 is 35.9 Å². The van der Waals surface area contributed by atoms with Crippen molar-refractivity contribution in [2.75, 3.05) is 19.6 Å². The number of aryl methyl sites for hydroxylation is 1. The molecule has 0 atom stereocenters. The Morgan fingerprint density at radius 1 is 1.00 bits per heavy atom. The fourth-order valence-corrected chi connectivity index (χ4v) is 6.08. The van der Waals surface area contributed by atoms with E-state index < -0.39 is 41.3 Å². The minimum absolute atomic E-state index is 0. The second-order valence-corrected chi connectivity index (χ2v) is 11.2. The number of aromatic nitrogens is 3. The number of aldehydes is 1. The molecule has 12 heteroatoms. The molecule has 2 N–H and O–H groups in total. The highest BCUT2D eigenvalue weighted by Crippen LogP contribution is 2.43. The number of rotatable bonds is 9. The highest BCUT2D eigenvalue weighted by atomic mass is 19.4. The summed E-state index contributed by atoms with van der Waals surface area (Å²) < 4.78 is 90.0. The number of nitrogens with zero attached hydrogens (tertiary/aromatic N) is 2. The van der Waals surface area contributed by atoms with Gasteiger partial charge in [-0.05, 0) is 67.7 Å². The van der Waals surface area contributed by atoms with Gasteiger partial charge in [0.05, 0.1) is 17.6 Å². The van der Waals surface area contributed by atoms with Gasteiger partial charge >= 0.3 is 6.18 Å². The maximum atomic E-state index is 15.2. The minimum Gasteiger partial charge on any atom is -0.451 e. The smallest absolute Gasteiger partial charge is 0.401 e. The Morgan fingerprint density at radius 2 is 1.78 bits per heavy atom. The zero-order valence-electron chi connectivity index (χ0n) is 23.9. The lowest BCUT2D eigenvalue weighted by Gasteiger charge is -2.42. The summed E-state index contributed by atoms with van der Waals surface area (Å²) in [5, 5.41) is 0.131. The van der Waals surface area contributed by atoms with E-state index in [1.54, 1.807) is 6.20 Å². The highest BCUT2D eigenvalue weighted by Gasteiger charge is 2.42. The van der Waals surface area contributed by atoms with Crippen LogP contribution in [0.3, 0.4) is 0 Å². The van der Waals surface area contributed by atoms with Crippen LogP contribution >= 0.6 is 0 Å². The van der Waals surface area contributed by atoms with Gasteiger partial charge in [-0.3, -0.25) is 4.90 Å². The molecule has 3 heterocycles. The molecule has 1 saturated heterocycles. The predicted octanol–water partition coefficient (Wildman–Crippen LogP) is 8.48. The van der Waals surface area contributed by atoms with Gasteiger partial charge in [-0.1, -0.05) is 31.7 Å². The number of H-pyrrole nitrogens is 2. The van der Waals surface area contributed by atoms with Crippen LogP contribution in [0.15, 0.2) is 67.0 Å². The Hall–Kier alpha value is -4.58. The van der Waals surface area contributed by atoms with Gasteiger partial charge in [0, 0.05) is 41.4 Å². The van der Waals surface area contributed by atoms with E-state index in [0.717, 1.165) is 29.5 Å². The van der Waals surface area contributed by atoms with Crippen molar-refractivity contribution in [1.82, 2.24) is 19.9 Å². The van der Waals surface area contributed by atoms with Crippen LogP contribution in [-0.2, 0) is 16.6 Å². The molecule has 46 heavy (non-hydrogen) atoms. The standard InChI is InChI=1S/C33H28F6N4O2.CH4/c34-25-7-6-22(45-30-26(35)17-27-23(29(30)36)8-11-40-27)16-24(25)31-41-18-28(42-31)32(9-12-43(13-10-32)19-33(37,38)39)21-5-1-3-20(15-21)4-2-14-44;/h1,3,5-8,11,14-18,40H,2,4,9-10,12-13,19H2,(H,41,42);1H4. The number of likely N-dealkylation sites (tertiary alicyclic amines) is 1. The van der Waals surface area contributed by atoms with Crippen molar-refractivity contribution in [2.45, 2.75) is 44.7 Å². The fraction of sp³-hybridized carbons (Fsp3) is 0.294. The quantitative estimate of drug-likeness (QED) is 0.125. The van der Waals surface area contributed by atoms with E-state index in [1.807, 2.05) is 24.3 Å². The van der Waals surface area contributed by atoms with Crippen LogP contribution in [-0.4, -0.2) is 51.9 Å². The molecule has 0 amide bonds. The summed E-state index contributed by atoms with van der Waals surface area (Å²) in [6.45, 7) is -0.702. The molecule has 0 aliphatic carbocycles. The molecule has 242 valence electrons.